The lowest BCUT2D eigenvalue weighted by Crippen LogP contribution is -2.24. The molecule has 1 unspecified atom stereocenters. The van der Waals surface area contributed by atoms with Crippen LogP contribution in [0.25, 0.3) is 11.1 Å². The first kappa shape index (κ1) is 19.8. The van der Waals surface area contributed by atoms with E-state index in [2.05, 4.69) is 15.7 Å². The van der Waals surface area contributed by atoms with Gasteiger partial charge < -0.3 is 15.4 Å². The van der Waals surface area contributed by atoms with Crippen LogP contribution in [0.15, 0.2) is 48.5 Å². The second-order valence-electron chi connectivity index (χ2n) is 7.18. The fourth-order valence-electron chi connectivity index (χ4n) is 3.50. The Morgan fingerprint density at radius 2 is 1.90 bits per heavy atom. The summed E-state index contributed by atoms with van der Waals surface area (Å²) in [5.74, 6) is -0.506. The minimum Gasteiger partial charge on any atom is -0.378 e. The lowest BCUT2D eigenvalue weighted by molar-refractivity contribution is -0.123. The zero-order valence-corrected chi connectivity index (χ0v) is 16.6. The van der Waals surface area contributed by atoms with Crippen molar-refractivity contribution in [1.29, 1.82) is 0 Å². The van der Waals surface area contributed by atoms with Gasteiger partial charge in [-0.05, 0) is 36.8 Å². The number of carbonyl (C=O) groups excluding carboxylic acids is 2. The van der Waals surface area contributed by atoms with E-state index in [0.29, 0.717) is 17.2 Å². The number of hydrogen-bond donors (Lipinski definition) is 2. The van der Waals surface area contributed by atoms with Crippen molar-refractivity contribution >= 4 is 23.3 Å². The molecule has 7 nitrogen and oxygen atoms in total. The number of aryl methyl sites for hydroxylation is 1. The fraction of sp³-hybridized carbons (Fsp3) is 0.227. The second kappa shape index (κ2) is 8.08. The lowest BCUT2D eigenvalue weighted by atomic mass is 10.0. The third kappa shape index (κ3) is 3.81. The van der Waals surface area contributed by atoms with Crippen LogP contribution in [0.4, 0.5) is 15.9 Å². The molecule has 1 aliphatic rings. The highest BCUT2D eigenvalue weighted by molar-refractivity contribution is 6.04. The van der Waals surface area contributed by atoms with Crippen LogP contribution in [0.2, 0.25) is 0 Å². The molecule has 0 bridgehead atoms. The number of anilines is 2. The van der Waals surface area contributed by atoms with Crippen molar-refractivity contribution < 1.29 is 18.7 Å². The molecule has 2 aromatic carbocycles. The molecule has 2 heterocycles. The van der Waals surface area contributed by atoms with E-state index in [0.717, 1.165) is 16.7 Å². The zero-order chi connectivity index (χ0) is 21.3. The molecule has 8 heteroatoms. The molecule has 0 fully saturated rings. The maximum absolute atomic E-state index is 13.0. The second-order valence-corrected chi connectivity index (χ2v) is 7.18. The monoisotopic (exact) mass is 408 g/mol. The Hall–Kier alpha value is -3.52. The van der Waals surface area contributed by atoms with E-state index in [1.165, 1.54) is 24.3 Å². The van der Waals surface area contributed by atoms with Crippen LogP contribution >= 0.6 is 0 Å². The van der Waals surface area contributed by atoms with Gasteiger partial charge in [-0.15, -0.1) is 0 Å². The van der Waals surface area contributed by atoms with Gasteiger partial charge in [0, 0.05) is 18.4 Å². The molecule has 1 atom stereocenters. The molecule has 2 amide bonds. The minimum absolute atomic E-state index is 0.0996. The summed E-state index contributed by atoms with van der Waals surface area (Å²) in [6.45, 7) is 2.27. The molecule has 0 saturated heterocycles. The molecular formula is C22H21FN4O3. The number of fused-ring (bicyclic) bond motifs is 1. The summed E-state index contributed by atoms with van der Waals surface area (Å²) in [5, 5.41) is 10.1. The Kier molecular flexibility index (Phi) is 5.33. The number of rotatable bonds is 6. The van der Waals surface area contributed by atoms with Crippen molar-refractivity contribution in [3.63, 3.8) is 0 Å². The van der Waals surface area contributed by atoms with Crippen molar-refractivity contribution in [2.75, 3.05) is 17.7 Å². The number of carbonyl (C=O) groups is 2. The molecule has 0 radical (unpaired) electrons. The molecule has 0 spiro atoms. The van der Waals surface area contributed by atoms with E-state index in [4.69, 9.17) is 4.74 Å². The van der Waals surface area contributed by atoms with Gasteiger partial charge in [0.05, 0.1) is 18.7 Å². The first-order chi connectivity index (χ1) is 14.5. The topological polar surface area (TPSA) is 85.2 Å². The van der Waals surface area contributed by atoms with Gasteiger partial charge in [0.15, 0.2) is 0 Å². The summed E-state index contributed by atoms with van der Waals surface area (Å²) in [5.41, 5.74) is 3.95. The normalized spacial score (nSPS) is 15.0. The summed E-state index contributed by atoms with van der Waals surface area (Å²) in [4.78, 5) is 25.1. The number of amides is 2. The van der Waals surface area contributed by atoms with Crippen LogP contribution in [0.1, 0.15) is 23.7 Å². The summed E-state index contributed by atoms with van der Waals surface area (Å²) >= 11 is 0. The molecule has 0 saturated carbocycles. The standard InChI is InChI=1S/C22H21FN4O3/c1-13-3-5-14(6-4-13)20-17(12-30-2)26-27-18(22(29)25-21(20)27)11-19(28)24-16-9-7-15(23)8-10-16/h3-10,18H,11-12H2,1-2H3,(H,24,28)(H,25,29). The number of hydrogen-bond acceptors (Lipinski definition) is 4. The SMILES string of the molecule is COCc1nn2c(c1-c1ccc(C)cc1)NC(=O)C2CC(=O)Nc1ccc(F)cc1. The van der Waals surface area contributed by atoms with Crippen molar-refractivity contribution in [2.45, 2.75) is 26.0 Å². The maximum atomic E-state index is 13.0. The largest absolute Gasteiger partial charge is 0.378 e. The maximum Gasteiger partial charge on any atom is 0.251 e. The Balaban J connectivity index is 1.61. The first-order valence-electron chi connectivity index (χ1n) is 9.50. The van der Waals surface area contributed by atoms with E-state index in [-0.39, 0.29) is 24.8 Å². The number of ether oxygens (including phenoxy) is 1. The number of benzene rings is 2. The minimum atomic E-state index is -0.782. The average molecular weight is 408 g/mol. The van der Waals surface area contributed by atoms with Crippen molar-refractivity contribution in [2.24, 2.45) is 0 Å². The predicted molar refractivity (Wildman–Crippen MR) is 110 cm³/mol. The van der Waals surface area contributed by atoms with Gasteiger partial charge in [0.1, 0.15) is 17.7 Å². The molecule has 2 N–H and O–H groups in total. The molecule has 1 aromatic heterocycles. The van der Waals surface area contributed by atoms with Crippen molar-refractivity contribution in [3.8, 4) is 11.1 Å². The number of nitrogens with one attached hydrogen (secondary N) is 2. The van der Waals surface area contributed by atoms with Gasteiger partial charge >= 0.3 is 0 Å². The van der Waals surface area contributed by atoms with Gasteiger partial charge in [0.25, 0.3) is 5.91 Å². The average Bonchev–Trinajstić information content (AvgIpc) is 3.20. The van der Waals surface area contributed by atoms with Crippen LogP contribution < -0.4 is 10.6 Å². The third-order valence-electron chi connectivity index (χ3n) is 4.95. The van der Waals surface area contributed by atoms with Gasteiger partial charge in [-0.1, -0.05) is 29.8 Å². The van der Waals surface area contributed by atoms with Crippen LogP contribution in [-0.4, -0.2) is 28.7 Å². The highest BCUT2D eigenvalue weighted by Crippen LogP contribution is 2.39. The third-order valence-corrected chi connectivity index (χ3v) is 4.95. The van der Waals surface area contributed by atoms with E-state index in [1.807, 2.05) is 31.2 Å². The van der Waals surface area contributed by atoms with Crippen LogP contribution in [-0.2, 0) is 20.9 Å². The van der Waals surface area contributed by atoms with Crippen molar-refractivity contribution in [1.82, 2.24) is 9.78 Å². The molecular weight excluding hydrogens is 387 g/mol. The number of methoxy groups -OCH3 is 1. The summed E-state index contributed by atoms with van der Waals surface area (Å²) in [6.07, 6.45) is -0.0996. The smallest absolute Gasteiger partial charge is 0.251 e. The lowest BCUT2D eigenvalue weighted by Gasteiger charge is -2.10. The molecule has 4 rings (SSSR count). The quantitative estimate of drug-likeness (QED) is 0.652. The number of nitrogens with zero attached hydrogens (tertiary/aromatic N) is 2. The summed E-state index contributed by atoms with van der Waals surface area (Å²) in [7, 11) is 1.58. The molecule has 0 aliphatic carbocycles. The molecule has 1 aliphatic heterocycles. The van der Waals surface area contributed by atoms with E-state index in [9.17, 15) is 14.0 Å². The fourth-order valence-corrected chi connectivity index (χ4v) is 3.50. The van der Waals surface area contributed by atoms with E-state index in [1.54, 1.807) is 11.8 Å². The molecule has 3 aromatic rings. The van der Waals surface area contributed by atoms with Gasteiger partial charge in [0.2, 0.25) is 5.91 Å². The Bertz CT molecular complexity index is 1090. The number of halogens is 1. The predicted octanol–water partition coefficient (Wildman–Crippen LogP) is 3.67. The van der Waals surface area contributed by atoms with Gasteiger partial charge in [-0.2, -0.15) is 5.10 Å². The number of aromatic nitrogens is 2. The van der Waals surface area contributed by atoms with Crippen LogP contribution in [0.3, 0.4) is 0 Å². The van der Waals surface area contributed by atoms with Gasteiger partial charge in [-0.3, -0.25) is 9.59 Å². The van der Waals surface area contributed by atoms with Crippen LogP contribution in [0, 0.1) is 12.7 Å². The zero-order valence-electron chi connectivity index (χ0n) is 16.6. The Labute approximate surface area is 172 Å². The van der Waals surface area contributed by atoms with E-state index < -0.39 is 11.9 Å². The molecule has 30 heavy (non-hydrogen) atoms. The Morgan fingerprint density at radius 3 is 2.57 bits per heavy atom. The summed E-state index contributed by atoms with van der Waals surface area (Å²) < 4.78 is 19.9. The molecule has 154 valence electrons. The van der Waals surface area contributed by atoms with Crippen molar-refractivity contribution in [3.05, 3.63) is 65.6 Å². The summed E-state index contributed by atoms with van der Waals surface area (Å²) in [6, 6.07) is 12.6. The van der Waals surface area contributed by atoms with Crippen LogP contribution in [0.5, 0.6) is 0 Å². The van der Waals surface area contributed by atoms with Gasteiger partial charge in [-0.25, -0.2) is 9.07 Å². The van der Waals surface area contributed by atoms with E-state index >= 15 is 0 Å². The highest BCUT2D eigenvalue weighted by atomic mass is 19.1. The highest BCUT2D eigenvalue weighted by Gasteiger charge is 2.37. The Morgan fingerprint density at radius 1 is 1.20 bits per heavy atom. The first-order valence-corrected chi connectivity index (χ1v) is 9.50.